The molecule has 6 nitrogen and oxygen atoms in total. The van der Waals surface area contributed by atoms with Gasteiger partial charge in [0.1, 0.15) is 0 Å². The summed E-state index contributed by atoms with van der Waals surface area (Å²) in [6.07, 6.45) is 57.7. The summed E-state index contributed by atoms with van der Waals surface area (Å²) >= 11 is 0. The topological polar surface area (TPSA) is 95.9 Å². The number of nitrogens with one attached hydrogen (secondary N) is 1. The molecule has 0 bridgehead atoms. The molecule has 0 aromatic rings. The van der Waals surface area contributed by atoms with Gasteiger partial charge < -0.3 is 20.3 Å². The maximum atomic E-state index is 12.4. The minimum absolute atomic E-state index is 0.0326. The molecule has 0 aromatic carbocycles. The highest BCUT2D eigenvalue weighted by atomic mass is 16.5. The average Bonchev–Trinajstić information content (AvgIpc) is 3.25. The van der Waals surface area contributed by atoms with E-state index in [2.05, 4.69) is 31.3 Å². The summed E-state index contributed by atoms with van der Waals surface area (Å²) in [5.41, 5.74) is 0. The average molecular weight is 848 g/mol. The van der Waals surface area contributed by atoms with E-state index in [9.17, 15) is 19.8 Å². The Morgan fingerprint density at radius 1 is 0.450 bits per heavy atom. The first-order valence-corrected chi connectivity index (χ1v) is 26.9. The third kappa shape index (κ3) is 46.1. The maximum absolute atomic E-state index is 12.4. The van der Waals surface area contributed by atoms with Crippen LogP contribution in [0.2, 0.25) is 0 Å². The van der Waals surface area contributed by atoms with Crippen molar-refractivity contribution in [2.75, 3.05) is 13.2 Å². The van der Waals surface area contributed by atoms with Gasteiger partial charge in [-0.3, -0.25) is 9.59 Å². The van der Waals surface area contributed by atoms with Crippen LogP contribution in [-0.2, 0) is 14.3 Å². The lowest BCUT2D eigenvalue weighted by molar-refractivity contribution is -0.143. The lowest BCUT2D eigenvalue weighted by atomic mass is 10.0. The van der Waals surface area contributed by atoms with Gasteiger partial charge in [-0.2, -0.15) is 0 Å². The molecule has 2 unspecified atom stereocenters. The van der Waals surface area contributed by atoms with Gasteiger partial charge in [0.15, 0.2) is 0 Å². The molecule has 0 spiro atoms. The summed E-state index contributed by atoms with van der Waals surface area (Å²) < 4.78 is 5.44. The number of hydrogen-bond acceptors (Lipinski definition) is 5. The predicted octanol–water partition coefficient (Wildman–Crippen LogP) is 16.1. The minimum atomic E-state index is -0.694. The molecular formula is C54H105NO5. The van der Waals surface area contributed by atoms with E-state index in [-0.39, 0.29) is 18.5 Å². The van der Waals surface area contributed by atoms with Crippen molar-refractivity contribution >= 4 is 11.9 Å². The Kier molecular flexibility index (Phi) is 49.1. The lowest BCUT2D eigenvalue weighted by Crippen LogP contribution is -2.45. The molecule has 6 heteroatoms. The van der Waals surface area contributed by atoms with Gasteiger partial charge in [-0.05, 0) is 44.9 Å². The Morgan fingerprint density at radius 3 is 1.22 bits per heavy atom. The minimum Gasteiger partial charge on any atom is -0.466 e. The SMILES string of the molecule is CCCCCCCCCCCCCCCCCCCCCCC(O)C(CO)NC(=O)CCC/C=C\CCCCCCOC(=O)CCCCCCCCCCCCCCCC. The molecule has 0 fully saturated rings. The number of amides is 1. The van der Waals surface area contributed by atoms with E-state index in [0.29, 0.717) is 25.9 Å². The number of carbonyl (C=O) groups is 2. The quantitative estimate of drug-likeness (QED) is 0.0322. The summed E-state index contributed by atoms with van der Waals surface area (Å²) in [7, 11) is 0. The summed E-state index contributed by atoms with van der Waals surface area (Å²) in [6, 6.07) is -0.578. The number of aliphatic hydroxyl groups is 2. The van der Waals surface area contributed by atoms with Crippen LogP contribution in [0.15, 0.2) is 12.2 Å². The van der Waals surface area contributed by atoms with Gasteiger partial charge in [-0.25, -0.2) is 0 Å². The highest BCUT2D eigenvalue weighted by Crippen LogP contribution is 2.17. The van der Waals surface area contributed by atoms with Crippen LogP contribution in [-0.4, -0.2) is 47.4 Å². The largest absolute Gasteiger partial charge is 0.466 e. The van der Waals surface area contributed by atoms with Crippen LogP contribution in [0.3, 0.4) is 0 Å². The molecule has 0 radical (unpaired) electrons. The normalized spacial score (nSPS) is 12.7. The van der Waals surface area contributed by atoms with Crippen molar-refractivity contribution in [2.24, 2.45) is 0 Å². The third-order valence-electron chi connectivity index (χ3n) is 12.6. The second-order valence-electron chi connectivity index (χ2n) is 18.6. The Morgan fingerprint density at radius 2 is 0.800 bits per heavy atom. The van der Waals surface area contributed by atoms with E-state index in [1.165, 1.54) is 193 Å². The van der Waals surface area contributed by atoms with Crippen molar-refractivity contribution in [3.63, 3.8) is 0 Å². The highest BCUT2D eigenvalue weighted by molar-refractivity contribution is 5.76. The zero-order valence-electron chi connectivity index (χ0n) is 40.5. The number of rotatable bonds is 50. The van der Waals surface area contributed by atoms with E-state index < -0.39 is 12.1 Å². The van der Waals surface area contributed by atoms with Crippen molar-refractivity contribution in [2.45, 2.75) is 309 Å². The van der Waals surface area contributed by atoms with Gasteiger partial charge in [0.05, 0.1) is 25.4 Å². The molecule has 0 heterocycles. The molecule has 0 saturated heterocycles. The molecule has 0 aromatic heterocycles. The van der Waals surface area contributed by atoms with E-state index in [1.54, 1.807) is 0 Å². The summed E-state index contributed by atoms with van der Waals surface area (Å²) in [5.74, 6) is -0.125. The zero-order chi connectivity index (χ0) is 43.7. The molecular weight excluding hydrogens is 743 g/mol. The van der Waals surface area contributed by atoms with Crippen LogP contribution in [0.1, 0.15) is 296 Å². The molecule has 0 rings (SSSR count). The molecule has 0 aliphatic carbocycles. The van der Waals surface area contributed by atoms with Gasteiger partial charge in [-0.1, -0.05) is 251 Å². The first-order valence-electron chi connectivity index (χ1n) is 26.9. The summed E-state index contributed by atoms with van der Waals surface area (Å²) in [5, 5.41) is 23.2. The van der Waals surface area contributed by atoms with Crippen LogP contribution >= 0.6 is 0 Å². The Balaban J connectivity index is 3.52. The second-order valence-corrected chi connectivity index (χ2v) is 18.6. The van der Waals surface area contributed by atoms with E-state index in [0.717, 1.165) is 70.6 Å². The monoisotopic (exact) mass is 848 g/mol. The number of aliphatic hydroxyl groups excluding tert-OH is 2. The number of carbonyl (C=O) groups excluding carboxylic acids is 2. The van der Waals surface area contributed by atoms with Crippen LogP contribution in [0.25, 0.3) is 0 Å². The van der Waals surface area contributed by atoms with Gasteiger partial charge in [-0.15, -0.1) is 0 Å². The number of unbranched alkanes of at least 4 members (excludes halogenated alkanes) is 37. The molecule has 60 heavy (non-hydrogen) atoms. The van der Waals surface area contributed by atoms with Gasteiger partial charge in [0, 0.05) is 12.8 Å². The fourth-order valence-electron chi connectivity index (χ4n) is 8.41. The van der Waals surface area contributed by atoms with Crippen molar-refractivity contribution in [1.82, 2.24) is 5.32 Å². The van der Waals surface area contributed by atoms with E-state index >= 15 is 0 Å². The van der Waals surface area contributed by atoms with Gasteiger partial charge in [0.25, 0.3) is 0 Å². The molecule has 0 aliphatic heterocycles. The molecule has 2 atom stereocenters. The molecule has 356 valence electrons. The zero-order valence-corrected chi connectivity index (χ0v) is 40.5. The van der Waals surface area contributed by atoms with Crippen molar-refractivity contribution in [1.29, 1.82) is 0 Å². The molecule has 3 N–H and O–H groups in total. The lowest BCUT2D eigenvalue weighted by Gasteiger charge is -2.22. The first kappa shape index (κ1) is 58.6. The number of esters is 1. The van der Waals surface area contributed by atoms with Crippen LogP contribution < -0.4 is 5.32 Å². The number of ether oxygens (including phenoxy) is 1. The van der Waals surface area contributed by atoms with Crippen LogP contribution in [0.4, 0.5) is 0 Å². The van der Waals surface area contributed by atoms with Crippen molar-refractivity contribution in [3.8, 4) is 0 Å². The maximum Gasteiger partial charge on any atom is 0.305 e. The third-order valence-corrected chi connectivity index (χ3v) is 12.6. The van der Waals surface area contributed by atoms with E-state index in [4.69, 9.17) is 4.74 Å². The van der Waals surface area contributed by atoms with Crippen molar-refractivity contribution < 1.29 is 24.5 Å². The van der Waals surface area contributed by atoms with Gasteiger partial charge >= 0.3 is 5.97 Å². The fraction of sp³-hybridized carbons (Fsp3) is 0.926. The summed E-state index contributed by atoms with van der Waals surface area (Å²) in [6.45, 7) is 4.88. The second kappa shape index (κ2) is 50.2. The summed E-state index contributed by atoms with van der Waals surface area (Å²) in [4.78, 5) is 24.5. The highest BCUT2D eigenvalue weighted by Gasteiger charge is 2.20. The fourth-order valence-corrected chi connectivity index (χ4v) is 8.41. The Labute approximate surface area is 374 Å². The number of hydrogen-bond donors (Lipinski definition) is 3. The van der Waals surface area contributed by atoms with Crippen LogP contribution in [0.5, 0.6) is 0 Å². The standard InChI is InChI=1S/C54H105NO5/c1-3-5-7-9-11-13-15-17-19-20-21-22-23-24-25-27-30-34-38-42-46-52(57)51(50-56)55-53(58)47-43-39-35-31-29-33-37-41-45-49-60-54(59)48-44-40-36-32-28-26-18-16-14-12-10-8-6-4-2/h31,35,51-52,56-57H,3-30,32-34,36-50H2,1-2H3,(H,55,58)/b35-31-. The first-order chi connectivity index (χ1) is 29.5. The Bertz CT molecular complexity index is 893. The van der Waals surface area contributed by atoms with Crippen LogP contribution in [0, 0.1) is 0 Å². The molecule has 0 saturated carbocycles. The molecule has 0 aliphatic rings. The predicted molar refractivity (Wildman–Crippen MR) is 260 cm³/mol. The molecule has 1 amide bonds. The Hall–Kier alpha value is -1.40. The van der Waals surface area contributed by atoms with E-state index in [1.807, 2.05) is 0 Å². The smallest absolute Gasteiger partial charge is 0.305 e. The van der Waals surface area contributed by atoms with Gasteiger partial charge in [0.2, 0.25) is 5.91 Å². The number of allylic oxidation sites excluding steroid dienone is 2. The van der Waals surface area contributed by atoms with Crippen molar-refractivity contribution in [3.05, 3.63) is 12.2 Å².